The number of carbonyl (C=O) groups is 2. The molecule has 6 nitrogen and oxygen atoms in total. The summed E-state index contributed by atoms with van der Waals surface area (Å²) < 4.78 is 6.40. The summed E-state index contributed by atoms with van der Waals surface area (Å²) in [4.78, 5) is 29.0. The Balaban J connectivity index is 1.44. The highest BCUT2D eigenvalue weighted by molar-refractivity contribution is 9.10. The highest BCUT2D eigenvalue weighted by Crippen LogP contribution is 2.36. The summed E-state index contributed by atoms with van der Waals surface area (Å²) >= 11 is 3.42. The van der Waals surface area contributed by atoms with Crippen molar-refractivity contribution < 1.29 is 19.4 Å². The summed E-state index contributed by atoms with van der Waals surface area (Å²) in [6, 6.07) is 14.3. The van der Waals surface area contributed by atoms with E-state index in [4.69, 9.17) is 4.74 Å². The number of likely N-dealkylation sites (tertiary alicyclic amines) is 1. The van der Waals surface area contributed by atoms with E-state index in [9.17, 15) is 14.7 Å². The van der Waals surface area contributed by atoms with E-state index in [-0.39, 0.29) is 18.2 Å². The number of hydrogen-bond donors (Lipinski definition) is 1. The SMILES string of the molecule is CCOc1ccc(N2C(=O)C[C@@H](N3CCC(O)(c4ccc(Br)cc4)CC3)C2=O)cc1. The van der Waals surface area contributed by atoms with Gasteiger partial charge in [-0.3, -0.25) is 14.5 Å². The number of halogens is 1. The zero-order chi connectivity index (χ0) is 21.3. The van der Waals surface area contributed by atoms with Crippen molar-refractivity contribution in [1.29, 1.82) is 0 Å². The van der Waals surface area contributed by atoms with Gasteiger partial charge in [0.25, 0.3) is 5.91 Å². The van der Waals surface area contributed by atoms with Crippen LogP contribution >= 0.6 is 15.9 Å². The lowest BCUT2D eigenvalue weighted by molar-refractivity contribution is -0.124. The molecular formula is C23H25BrN2O4. The van der Waals surface area contributed by atoms with Crippen LogP contribution in [-0.2, 0) is 15.2 Å². The molecular weight excluding hydrogens is 448 g/mol. The molecule has 1 N–H and O–H groups in total. The Labute approximate surface area is 184 Å². The van der Waals surface area contributed by atoms with Crippen LogP contribution in [0.3, 0.4) is 0 Å². The van der Waals surface area contributed by atoms with Gasteiger partial charge in [0.05, 0.1) is 30.4 Å². The normalized spacial score (nSPS) is 21.8. The fourth-order valence-electron chi connectivity index (χ4n) is 4.28. The lowest BCUT2D eigenvalue weighted by atomic mass is 9.84. The molecule has 2 aliphatic rings. The van der Waals surface area contributed by atoms with Crippen LogP contribution in [0, 0.1) is 0 Å². The van der Waals surface area contributed by atoms with Crippen LogP contribution < -0.4 is 9.64 Å². The Morgan fingerprint density at radius 2 is 1.70 bits per heavy atom. The maximum atomic E-state index is 13.1. The number of carbonyl (C=O) groups excluding carboxylic acids is 2. The minimum absolute atomic E-state index is 0.169. The van der Waals surface area contributed by atoms with Gasteiger partial charge in [0.1, 0.15) is 5.75 Å². The first-order valence-corrected chi connectivity index (χ1v) is 11.0. The van der Waals surface area contributed by atoms with Crippen LogP contribution in [-0.4, -0.2) is 47.6 Å². The summed E-state index contributed by atoms with van der Waals surface area (Å²) in [6.07, 6.45) is 1.22. The van der Waals surface area contributed by atoms with Crippen molar-refractivity contribution in [3.8, 4) is 5.75 Å². The average Bonchev–Trinajstić information content (AvgIpc) is 3.04. The second-order valence-corrected chi connectivity index (χ2v) is 8.70. The number of nitrogens with zero attached hydrogens (tertiary/aromatic N) is 2. The predicted molar refractivity (Wildman–Crippen MR) is 117 cm³/mol. The zero-order valence-corrected chi connectivity index (χ0v) is 18.5. The molecule has 2 saturated heterocycles. The van der Waals surface area contributed by atoms with E-state index in [1.165, 1.54) is 4.90 Å². The first-order valence-electron chi connectivity index (χ1n) is 10.2. The van der Waals surface area contributed by atoms with Crippen LogP contribution in [0.2, 0.25) is 0 Å². The molecule has 2 fully saturated rings. The molecule has 7 heteroatoms. The lowest BCUT2D eigenvalue weighted by Crippen LogP contribution is -2.49. The molecule has 0 aromatic heterocycles. The predicted octanol–water partition coefficient (Wildman–Crippen LogP) is 3.46. The van der Waals surface area contributed by atoms with Gasteiger partial charge in [-0.15, -0.1) is 0 Å². The molecule has 2 aliphatic heterocycles. The van der Waals surface area contributed by atoms with E-state index < -0.39 is 11.6 Å². The minimum atomic E-state index is -0.905. The first-order chi connectivity index (χ1) is 14.4. The molecule has 2 amide bonds. The van der Waals surface area contributed by atoms with Crippen molar-refractivity contribution in [3.63, 3.8) is 0 Å². The molecule has 0 spiro atoms. The molecule has 158 valence electrons. The number of amides is 2. The van der Waals surface area contributed by atoms with Crippen molar-refractivity contribution in [2.45, 2.75) is 37.8 Å². The zero-order valence-electron chi connectivity index (χ0n) is 16.9. The summed E-state index contributed by atoms with van der Waals surface area (Å²) in [7, 11) is 0. The monoisotopic (exact) mass is 472 g/mol. The Hall–Kier alpha value is -2.22. The van der Waals surface area contributed by atoms with Crippen LogP contribution in [0.5, 0.6) is 5.75 Å². The Kier molecular flexibility index (Phi) is 5.95. The number of imide groups is 1. The van der Waals surface area contributed by atoms with E-state index in [1.807, 2.05) is 36.1 Å². The fourth-order valence-corrected chi connectivity index (χ4v) is 4.55. The van der Waals surface area contributed by atoms with Gasteiger partial charge in [0.2, 0.25) is 5.91 Å². The number of rotatable bonds is 5. The summed E-state index contributed by atoms with van der Waals surface area (Å²) in [5.74, 6) is 0.321. The maximum absolute atomic E-state index is 13.1. The largest absolute Gasteiger partial charge is 0.494 e. The van der Waals surface area contributed by atoms with Crippen LogP contribution in [0.4, 0.5) is 5.69 Å². The molecule has 2 aromatic carbocycles. The number of piperidine rings is 1. The number of anilines is 1. The topological polar surface area (TPSA) is 70.1 Å². The van der Waals surface area contributed by atoms with Gasteiger partial charge in [-0.05, 0) is 61.7 Å². The van der Waals surface area contributed by atoms with E-state index in [2.05, 4.69) is 15.9 Å². The quantitative estimate of drug-likeness (QED) is 0.674. The van der Waals surface area contributed by atoms with E-state index in [0.717, 1.165) is 10.0 Å². The molecule has 4 rings (SSSR count). The molecule has 30 heavy (non-hydrogen) atoms. The van der Waals surface area contributed by atoms with Gasteiger partial charge in [-0.2, -0.15) is 0 Å². The van der Waals surface area contributed by atoms with E-state index >= 15 is 0 Å². The van der Waals surface area contributed by atoms with Gasteiger partial charge >= 0.3 is 0 Å². The highest BCUT2D eigenvalue weighted by atomic mass is 79.9. The molecule has 0 radical (unpaired) electrons. The number of hydrogen-bond acceptors (Lipinski definition) is 5. The molecule has 2 heterocycles. The van der Waals surface area contributed by atoms with Crippen molar-refractivity contribution in [2.24, 2.45) is 0 Å². The molecule has 2 aromatic rings. The standard InChI is InChI=1S/C23H25BrN2O4/c1-2-30-19-9-7-18(8-10-19)26-21(27)15-20(22(26)28)25-13-11-23(29,12-14-25)16-3-5-17(24)6-4-16/h3-10,20,29H,2,11-15H2,1H3/t20-/m1/s1. The Morgan fingerprint density at radius 3 is 2.30 bits per heavy atom. The van der Waals surface area contributed by atoms with E-state index in [1.54, 1.807) is 24.3 Å². The van der Waals surface area contributed by atoms with Gasteiger partial charge in [0.15, 0.2) is 0 Å². The summed E-state index contributed by atoms with van der Waals surface area (Å²) in [6.45, 7) is 3.59. The van der Waals surface area contributed by atoms with Gasteiger partial charge < -0.3 is 9.84 Å². The lowest BCUT2D eigenvalue weighted by Gasteiger charge is -2.40. The molecule has 1 atom stereocenters. The number of benzene rings is 2. The summed E-state index contributed by atoms with van der Waals surface area (Å²) in [5, 5.41) is 11.1. The third kappa shape index (κ3) is 4.02. The Morgan fingerprint density at radius 1 is 1.07 bits per heavy atom. The molecule has 0 aliphatic carbocycles. The number of aliphatic hydroxyl groups is 1. The van der Waals surface area contributed by atoms with Gasteiger partial charge in [-0.1, -0.05) is 28.1 Å². The highest BCUT2D eigenvalue weighted by Gasteiger charge is 2.45. The third-order valence-corrected chi connectivity index (χ3v) is 6.50. The van der Waals surface area contributed by atoms with Crippen LogP contribution in [0.25, 0.3) is 0 Å². The van der Waals surface area contributed by atoms with Crippen molar-refractivity contribution >= 4 is 33.4 Å². The van der Waals surface area contributed by atoms with Gasteiger partial charge in [-0.25, -0.2) is 4.90 Å². The van der Waals surface area contributed by atoms with Crippen molar-refractivity contribution in [3.05, 3.63) is 58.6 Å². The fraction of sp³-hybridized carbons (Fsp3) is 0.391. The van der Waals surface area contributed by atoms with Crippen molar-refractivity contribution in [2.75, 3.05) is 24.6 Å². The van der Waals surface area contributed by atoms with E-state index in [0.29, 0.717) is 44.0 Å². The Bertz CT molecular complexity index is 921. The van der Waals surface area contributed by atoms with Crippen LogP contribution in [0.1, 0.15) is 31.7 Å². The second-order valence-electron chi connectivity index (χ2n) is 7.79. The smallest absolute Gasteiger partial charge is 0.251 e. The molecule has 0 unspecified atom stereocenters. The number of ether oxygens (including phenoxy) is 1. The first kappa shape index (κ1) is 21.0. The average molecular weight is 473 g/mol. The second kappa shape index (κ2) is 8.49. The minimum Gasteiger partial charge on any atom is -0.494 e. The summed E-state index contributed by atoms with van der Waals surface area (Å²) in [5.41, 5.74) is 0.548. The molecule has 0 saturated carbocycles. The molecule has 0 bridgehead atoms. The third-order valence-electron chi connectivity index (χ3n) is 5.98. The van der Waals surface area contributed by atoms with Gasteiger partial charge in [0, 0.05) is 17.6 Å². The maximum Gasteiger partial charge on any atom is 0.251 e. The van der Waals surface area contributed by atoms with Crippen LogP contribution in [0.15, 0.2) is 53.0 Å². The van der Waals surface area contributed by atoms with Crippen molar-refractivity contribution in [1.82, 2.24) is 4.90 Å².